The van der Waals surface area contributed by atoms with E-state index < -0.39 is 0 Å². The van der Waals surface area contributed by atoms with Crippen molar-refractivity contribution in [2.24, 2.45) is 5.92 Å². The van der Waals surface area contributed by atoms with Crippen molar-refractivity contribution in [3.05, 3.63) is 53.7 Å². The van der Waals surface area contributed by atoms with E-state index in [-0.39, 0.29) is 6.10 Å². The Kier molecular flexibility index (Phi) is 5.82. The number of hydrogen-bond acceptors (Lipinski definition) is 5. The van der Waals surface area contributed by atoms with Gasteiger partial charge in [0.05, 0.1) is 11.8 Å². The van der Waals surface area contributed by atoms with E-state index in [0.29, 0.717) is 18.2 Å². The maximum absolute atomic E-state index is 9.10. The second-order valence-electron chi connectivity index (χ2n) is 4.94. The lowest BCUT2D eigenvalue weighted by Crippen LogP contribution is -2.18. The Morgan fingerprint density at radius 3 is 3.09 bits per heavy atom. The molecule has 1 aromatic heterocycles. The van der Waals surface area contributed by atoms with Crippen molar-refractivity contribution in [2.75, 3.05) is 19.0 Å². The van der Waals surface area contributed by atoms with E-state index in [2.05, 4.69) is 48.1 Å². The fourth-order valence-electron chi connectivity index (χ4n) is 2.12. The molecule has 1 aliphatic rings. The molecule has 0 bridgehead atoms. The van der Waals surface area contributed by atoms with Gasteiger partial charge in [-0.3, -0.25) is 0 Å². The van der Waals surface area contributed by atoms with Crippen molar-refractivity contribution in [3.8, 4) is 6.07 Å². The molecule has 2 unspecified atom stereocenters. The number of thioether (sulfide) groups is 1. The van der Waals surface area contributed by atoms with Crippen LogP contribution in [0.4, 0.5) is 5.69 Å². The SMILES string of the molecule is C=CCNc1cc(SC2=CC(OC)C(C)C=C2)cnc1C#N. The van der Waals surface area contributed by atoms with Gasteiger partial charge in [-0.05, 0) is 12.1 Å². The quantitative estimate of drug-likeness (QED) is 0.811. The summed E-state index contributed by atoms with van der Waals surface area (Å²) < 4.78 is 5.46. The summed E-state index contributed by atoms with van der Waals surface area (Å²) in [6, 6.07) is 4.03. The van der Waals surface area contributed by atoms with Crippen LogP contribution in [0.3, 0.4) is 0 Å². The van der Waals surface area contributed by atoms with Gasteiger partial charge in [0.2, 0.25) is 0 Å². The number of hydrogen-bond donors (Lipinski definition) is 1. The molecule has 0 aliphatic heterocycles. The van der Waals surface area contributed by atoms with Crippen LogP contribution in [-0.2, 0) is 4.74 Å². The summed E-state index contributed by atoms with van der Waals surface area (Å²) >= 11 is 1.61. The summed E-state index contributed by atoms with van der Waals surface area (Å²) in [5.74, 6) is 0.373. The molecule has 0 saturated carbocycles. The molecule has 0 aromatic carbocycles. The van der Waals surface area contributed by atoms with Crippen LogP contribution in [0.25, 0.3) is 0 Å². The molecule has 2 rings (SSSR count). The number of allylic oxidation sites excluding steroid dienone is 1. The topological polar surface area (TPSA) is 57.9 Å². The Balaban J connectivity index is 2.18. The van der Waals surface area contributed by atoms with Gasteiger partial charge < -0.3 is 10.1 Å². The molecule has 4 nitrogen and oxygen atoms in total. The lowest BCUT2D eigenvalue weighted by molar-refractivity contribution is 0.111. The van der Waals surface area contributed by atoms with Gasteiger partial charge in [-0.2, -0.15) is 5.26 Å². The summed E-state index contributed by atoms with van der Waals surface area (Å²) in [5, 5.41) is 12.2. The van der Waals surface area contributed by atoms with Crippen LogP contribution in [0.1, 0.15) is 12.6 Å². The minimum atomic E-state index is 0.0946. The van der Waals surface area contributed by atoms with Crippen molar-refractivity contribution in [2.45, 2.75) is 17.9 Å². The van der Waals surface area contributed by atoms with E-state index in [1.165, 1.54) is 0 Å². The van der Waals surface area contributed by atoms with Gasteiger partial charge in [-0.15, -0.1) is 6.58 Å². The fourth-order valence-corrected chi connectivity index (χ4v) is 3.02. The molecule has 0 radical (unpaired) electrons. The second kappa shape index (κ2) is 7.83. The highest BCUT2D eigenvalue weighted by molar-refractivity contribution is 8.03. The van der Waals surface area contributed by atoms with Crippen LogP contribution in [0.2, 0.25) is 0 Å². The van der Waals surface area contributed by atoms with Crippen LogP contribution in [-0.4, -0.2) is 24.7 Å². The first-order valence-electron chi connectivity index (χ1n) is 7.03. The zero-order valence-electron chi connectivity index (χ0n) is 12.7. The zero-order valence-corrected chi connectivity index (χ0v) is 13.6. The summed E-state index contributed by atoms with van der Waals surface area (Å²) in [4.78, 5) is 6.30. The van der Waals surface area contributed by atoms with E-state index in [4.69, 9.17) is 10.00 Å². The summed E-state index contributed by atoms with van der Waals surface area (Å²) in [6.45, 7) is 6.39. The Bertz CT molecular complexity index is 646. The minimum absolute atomic E-state index is 0.0946. The summed E-state index contributed by atoms with van der Waals surface area (Å²) in [6.07, 6.45) is 9.92. The normalized spacial score (nSPS) is 20.1. The maximum atomic E-state index is 9.10. The summed E-state index contributed by atoms with van der Waals surface area (Å²) in [5.41, 5.74) is 1.12. The van der Waals surface area contributed by atoms with Gasteiger partial charge in [0.25, 0.3) is 0 Å². The molecule has 114 valence electrons. The molecular formula is C17H19N3OS. The van der Waals surface area contributed by atoms with E-state index >= 15 is 0 Å². The lowest BCUT2D eigenvalue weighted by Gasteiger charge is -2.21. The van der Waals surface area contributed by atoms with E-state index in [9.17, 15) is 0 Å². The zero-order chi connectivity index (χ0) is 15.9. The predicted molar refractivity (Wildman–Crippen MR) is 90.7 cm³/mol. The number of rotatable bonds is 6. The summed E-state index contributed by atoms with van der Waals surface area (Å²) in [7, 11) is 1.72. The average molecular weight is 313 g/mol. The molecule has 0 spiro atoms. The third-order valence-electron chi connectivity index (χ3n) is 3.32. The van der Waals surface area contributed by atoms with Gasteiger partial charge in [0.1, 0.15) is 6.07 Å². The molecule has 1 aromatic rings. The molecule has 0 fully saturated rings. The van der Waals surface area contributed by atoms with E-state index in [1.807, 2.05) is 6.07 Å². The maximum Gasteiger partial charge on any atom is 0.163 e. The largest absolute Gasteiger partial charge is 0.379 e. The lowest BCUT2D eigenvalue weighted by atomic mass is 10.00. The van der Waals surface area contributed by atoms with Crippen molar-refractivity contribution in [1.29, 1.82) is 5.26 Å². The van der Waals surface area contributed by atoms with Crippen LogP contribution < -0.4 is 5.32 Å². The molecular weight excluding hydrogens is 294 g/mol. The minimum Gasteiger partial charge on any atom is -0.379 e. The molecule has 1 N–H and O–H groups in total. The number of nitriles is 1. The first kappa shape index (κ1) is 16.3. The second-order valence-corrected chi connectivity index (χ2v) is 6.09. The number of ether oxygens (including phenoxy) is 1. The van der Waals surface area contributed by atoms with Crippen molar-refractivity contribution >= 4 is 17.4 Å². The number of methoxy groups -OCH3 is 1. The van der Waals surface area contributed by atoms with Crippen LogP contribution >= 0.6 is 11.8 Å². The van der Waals surface area contributed by atoms with Crippen molar-refractivity contribution < 1.29 is 4.74 Å². The van der Waals surface area contributed by atoms with Gasteiger partial charge in [-0.1, -0.05) is 36.9 Å². The number of nitrogens with one attached hydrogen (secondary N) is 1. The number of anilines is 1. The van der Waals surface area contributed by atoms with Crippen LogP contribution in [0.5, 0.6) is 0 Å². The van der Waals surface area contributed by atoms with Gasteiger partial charge >= 0.3 is 0 Å². The third kappa shape index (κ3) is 4.00. The smallest absolute Gasteiger partial charge is 0.163 e. The molecule has 2 atom stereocenters. The Morgan fingerprint density at radius 1 is 1.59 bits per heavy atom. The average Bonchev–Trinajstić information content (AvgIpc) is 2.54. The molecule has 1 heterocycles. The van der Waals surface area contributed by atoms with Crippen molar-refractivity contribution in [3.63, 3.8) is 0 Å². The highest BCUT2D eigenvalue weighted by atomic mass is 32.2. The number of aromatic nitrogens is 1. The first-order chi connectivity index (χ1) is 10.7. The Morgan fingerprint density at radius 2 is 2.41 bits per heavy atom. The van der Waals surface area contributed by atoms with Gasteiger partial charge in [0.15, 0.2) is 5.69 Å². The van der Waals surface area contributed by atoms with Crippen molar-refractivity contribution in [1.82, 2.24) is 4.98 Å². The van der Waals surface area contributed by atoms with Crippen LogP contribution in [0, 0.1) is 17.2 Å². The highest BCUT2D eigenvalue weighted by Gasteiger charge is 2.17. The molecule has 0 saturated heterocycles. The third-order valence-corrected chi connectivity index (χ3v) is 4.29. The standard InChI is InChI=1S/C17H19N3OS/c1-4-7-19-15-8-14(11-20-16(15)10-18)22-13-6-5-12(2)17(9-13)21-3/h4-6,8-9,11-12,17,19H,1,7H2,2-3H3. The fraction of sp³-hybridized carbons (Fsp3) is 0.294. The molecule has 22 heavy (non-hydrogen) atoms. The monoisotopic (exact) mass is 313 g/mol. The molecule has 1 aliphatic carbocycles. The Hall–Kier alpha value is -2.03. The Labute approximate surface area is 135 Å². The van der Waals surface area contributed by atoms with E-state index in [0.717, 1.165) is 15.5 Å². The van der Waals surface area contributed by atoms with Crippen LogP contribution in [0.15, 0.2) is 52.9 Å². The number of pyridine rings is 1. The van der Waals surface area contributed by atoms with Gasteiger partial charge in [-0.25, -0.2) is 4.98 Å². The predicted octanol–water partition coefficient (Wildman–Crippen LogP) is 3.75. The first-order valence-corrected chi connectivity index (χ1v) is 7.85. The highest BCUT2D eigenvalue weighted by Crippen LogP contribution is 2.33. The molecule has 5 heteroatoms. The number of nitrogens with zero attached hydrogens (tertiary/aromatic N) is 2. The molecule has 0 amide bonds. The van der Waals surface area contributed by atoms with E-state index in [1.54, 1.807) is 31.1 Å². The van der Waals surface area contributed by atoms with Gasteiger partial charge in [0, 0.05) is 35.6 Å².